The molecule has 1 N–H and O–H groups in total. The Morgan fingerprint density at radius 1 is 1.52 bits per heavy atom. The maximum Gasteiger partial charge on any atom is 0.244 e. The van der Waals surface area contributed by atoms with Crippen molar-refractivity contribution >= 4 is 27.5 Å². The summed E-state index contributed by atoms with van der Waals surface area (Å²) in [7, 11) is -1.02. The average molecular weight is 330 g/mol. The van der Waals surface area contributed by atoms with Crippen LogP contribution in [0.5, 0.6) is 0 Å². The summed E-state index contributed by atoms with van der Waals surface area (Å²) in [6.45, 7) is 1.63. The fourth-order valence-corrected chi connectivity index (χ4v) is 3.51. The van der Waals surface area contributed by atoms with Crippen molar-refractivity contribution in [1.82, 2.24) is 9.62 Å². The number of hydrogen-bond acceptors (Lipinski definition) is 4. The summed E-state index contributed by atoms with van der Waals surface area (Å²) in [6.07, 6.45) is 0. The number of nitrogens with zero attached hydrogens (tertiary/aromatic N) is 2. The summed E-state index contributed by atoms with van der Waals surface area (Å²) in [5, 5.41) is 11.3. The highest BCUT2D eigenvalue weighted by molar-refractivity contribution is 7.89. The van der Waals surface area contributed by atoms with Crippen LogP contribution in [0.1, 0.15) is 12.5 Å². The Kier molecular flexibility index (Phi) is 5.72. The molecule has 0 bridgehead atoms. The van der Waals surface area contributed by atoms with Crippen LogP contribution >= 0.6 is 11.6 Å². The number of rotatable bonds is 5. The van der Waals surface area contributed by atoms with E-state index in [1.54, 1.807) is 6.92 Å². The summed E-state index contributed by atoms with van der Waals surface area (Å²) in [6, 6.07) is 5.89. The van der Waals surface area contributed by atoms with Crippen molar-refractivity contribution in [3.8, 4) is 6.07 Å². The van der Waals surface area contributed by atoms with Gasteiger partial charge >= 0.3 is 0 Å². The van der Waals surface area contributed by atoms with Gasteiger partial charge in [0, 0.05) is 26.6 Å². The largest absolute Gasteiger partial charge is 0.359 e. The van der Waals surface area contributed by atoms with Gasteiger partial charge in [0.1, 0.15) is 4.90 Å². The van der Waals surface area contributed by atoms with Gasteiger partial charge in [-0.15, -0.1) is 0 Å². The van der Waals surface area contributed by atoms with E-state index in [4.69, 9.17) is 16.9 Å². The van der Waals surface area contributed by atoms with Crippen LogP contribution in [-0.4, -0.2) is 39.3 Å². The molecule has 0 aromatic heterocycles. The van der Waals surface area contributed by atoms with E-state index in [9.17, 15) is 13.2 Å². The van der Waals surface area contributed by atoms with E-state index in [1.807, 2.05) is 6.07 Å². The van der Waals surface area contributed by atoms with Gasteiger partial charge in [-0.1, -0.05) is 18.5 Å². The van der Waals surface area contributed by atoms with Crippen molar-refractivity contribution in [2.75, 3.05) is 20.6 Å². The highest BCUT2D eigenvalue weighted by Crippen LogP contribution is 2.25. The lowest BCUT2D eigenvalue weighted by Crippen LogP contribution is -2.37. The van der Waals surface area contributed by atoms with Crippen molar-refractivity contribution in [1.29, 1.82) is 5.26 Å². The number of carbonyl (C=O) groups is 1. The number of nitriles is 1. The molecular weight excluding hydrogens is 314 g/mol. The summed E-state index contributed by atoms with van der Waals surface area (Å²) in [5.74, 6) is -0.762. The zero-order valence-electron chi connectivity index (χ0n) is 11.9. The molecule has 0 heterocycles. The number of nitrogens with one attached hydrogen (secondary N) is 1. The predicted octanol–water partition coefficient (Wildman–Crippen LogP) is 1.21. The van der Waals surface area contributed by atoms with E-state index in [0.29, 0.717) is 0 Å². The first-order valence-corrected chi connectivity index (χ1v) is 7.93. The molecule has 0 saturated heterocycles. The lowest BCUT2D eigenvalue weighted by Gasteiger charge is -2.21. The molecule has 0 aliphatic heterocycles. The first kappa shape index (κ1) is 17.4. The predicted molar refractivity (Wildman–Crippen MR) is 79.2 cm³/mol. The van der Waals surface area contributed by atoms with Crippen molar-refractivity contribution in [2.24, 2.45) is 5.92 Å². The first-order valence-electron chi connectivity index (χ1n) is 6.11. The average Bonchev–Trinajstić information content (AvgIpc) is 2.46. The first-order chi connectivity index (χ1) is 9.73. The standard InChI is InChI=1S/C13H16ClN3O3S/c1-9(13(18)16-2)8-17(3)21(19,20)12-6-10(7-15)4-5-11(12)14/h4-6,9H,8H2,1-3H3,(H,16,18). The highest BCUT2D eigenvalue weighted by atomic mass is 35.5. The molecule has 0 fully saturated rings. The Morgan fingerprint density at radius 2 is 2.14 bits per heavy atom. The van der Waals surface area contributed by atoms with Gasteiger partial charge in [-0.05, 0) is 18.2 Å². The second kappa shape index (κ2) is 6.89. The number of halogens is 1. The molecule has 0 aliphatic rings. The molecule has 0 aliphatic carbocycles. The summed E-state index contributed by atoms with van der Waals surface area (Å²) < 4.78 is 26.0. The van der Waals surface area contributed by atoms with Gasteiger partial charge in [0.2, 0.25) is 15.9 Å². The topological polar surface area (TPSA) is 90.3 Å². The fraction of sp³-hybridized carbons (Fsp3) is 0.385. The van der Waals surface area contributed by atoms with Gasteiger partial charge in [0.05, 0.1) is 16.7 Å². The third-order valence-electron chi connectivity index (χ3n) is 2.97. The normalized spacial score (nSPS) is 12.8. The maximum absolute atomic E-state index is 12.5. The van der Waals surface area contributed by atoms with Crippen LogP contribution in [0, 0.1) is 17.2 Å². The molecule has 1 aromatic rings. The van der Waals surface area contributed by atoms with Gasteiger partial charge in [-0.3, -0.25) is 4.79 Å². The molecule has 0 saturated carbocycles. The third-order valence-corrected chi connectivity index (χ3v) is 5.28. The van der Waals surface area contributed by atoms with Crippen LogP contribution in [-0.2, 0) is 14.8 Å². The molecule has 0 spiro atoms. The van der Waals surface area contributed by atoms with Crippen LogP contribution < -0.4 is 5.32 Å². The number of amides is 1. The molecule has 1 aromatic carbocycles. The second-order valence-corrected chi connectivity index (χ2v) is 6.98. The van der Waals surface area contributed by atoms with E-state index in [-0.39, 0.29) is 27.9 Å². The molecule has 114 valence electrons. The van der Waals surface area contributed by atoms with Gasteiger partial charge in [0.15, 0.2) is 0 Å². The Balaban J connectivity index is 3.11. The van der Waals surface area contributed by atoms with Crippen LogP contribution in [0.4, 0.5) is 0 Å². The molecular formula is C13H16ClN3O3S. The zero-order valence-corrected chi connectivity index (χ0v) is 13.5. The van der Waals surface area contributed by atoms with E-state index in [2.05, 4.69) is 5.32 Å². The molecule has 1 unspecified atom stereocenters. The van der Waals surface area contributed by atoms with Crippen molar-refractivity contribution in [3.05, 3.63) is 28.8 Å². The smallest absolute Gasteiger partial charge is 0.244 e. The number of carbonyl (C=O) groups excluding carboxylic acids is 1. The van der Waals surface area contributed by atoms with Gasteiger partial charge in [-0.25, -0.2) is 12.7 Å². The fourth-order valence-electron chi connectivity index (χ4n) is 1.75. The number of hydrogen-bond donors (Lipinski definition) is 1. The van der Waals surface area contributed by atoms with Crippen LogP contribution in [0.2, 0.25) is 5.02 Å². The number of sulfonamides is 1. The summed E-state index contributed by atoms with van der Waals surface area (Å²) in [5.41, 5.74) is 0.200. The molecule has 1 amide bonds. The molecule has 8 heteroatoms. The van der Waals surface area contributed by atoms with Crippen molar-refractivity contribution in [3.63, 3.8) is 0 Å². The van der Waals surface area contributed by atoms with E-state index in [0.717, 1.165) is 4.31 Å². The van der Waals surface area contributed by atoms with Gasteiger partial charge in [-0.2, -0.15) is 5.26 Å². The Hall–Kier alpha value is -1.62. The van der Waals surface area contributed by atoms with Gasteiger partial charge < -0.3 is 5.32 Å². The number of benzene rings is 1. The molecule has 21 heavy (non-hydrogen) atoms. The van der Waals surface area contributed by atoms with Gasteiger partial charge in [0.25, 0.3) is 0 Å². The molecule has 1 rings (SSSR count). The van der Waals surface area contributed by atoms with Crippen molar-refractivity contribution < 1.29 is 13.2 Å². The van der Waals surface area contributed by atoms with Crippen LogP contribution in [0.25, 0.3) is 0 Å². The lowest BCUT2D eigenvalue weighted by molar-refractivity contribution is -0.124. The van der Waals surface area contributed by atoms with Crippen LogP contribution in [0.15, 0.2) is 23.1 Å². The molecule has 1 atom stereocenters. The van der Waals surface area contributed by atoms with E-state index < -0.39 is 15.9 Å². The Morgan fingerprint density at radius 3 is 2.67 bits per heavy atom. The summed E-state index contributed by atoms with van der Waals surface area (Å²) in [4.78, 5) is 11.3. The maximum atomic E-state index is 12.5. The zero-order chi connectivity index (χ0) is 16.2. The van der Waals surface area contributed by atoms with Crippen LogP contribution in [0.3, 0.4) is 0 Å². The minimum atomic E-state index is -3.87. The highest BCUT2D eigenvalue weighted by Gasteiger charge is 2.26. The molecule has 6 nitrogen and oxygen atoms in total. The quantitative estimate of drug-likeness (QED) is 0.879. The minimum Gasteiger partial charge on any atom is -0.359 e. The van der Waals surface area contributed by atoms with E-state index in [1.165, 1.54) is 32.3 Å². The Bertz CT molecular complexity index is 682. The van der Waals surface area contributed by atoms with Crippen molar-refractivity contribution in [2.45, 2.75) is 11.8 Å². The summed E-state index contributed by atoms with van der Waals surface area (Å²) >= 11 is 5.91. The monoisotopic (exact) mass is 329 g/mol. The van der Waals surface area contributed by atoms with E-state index >= 15 is 0 Å². The lowest BCUT2D eigenvalue weighted by atomic mass is 10.2. The third kappa shape index (κ3) is 3.94. The minimum absolute atomic E-state index is 0.00904. The second-order valence-electron chi connectivity index (χ2n) is 4.56. The SMILES string of the molecule is CNC(=O)C(C)CN(C)S(=O)(=O)c1cc(C#N)ccc1Cl. The Labute approximate surface area is 129 Å². The molecule has 0 radical (unpaired) electrons.